The van der Waals surface area contributed by atoms with Gasteiger partial charge < -0.3 is 29.4 Å². The van der Waals surface area contributed by atoms with E-state index < -0.39 is 15.6 Å². The molecule has 0 aromatic rings. The third-order valence-corrected chi connectivity index (χ3v) is 0. The molecule has 0 fully saturated rings. The van der Waals surface area contributed by atoms with Gasteiger partial charge in [-0.3, -0.25) is 0 Å². The molecule has 0 atom stereocenters. The quantitative estimate of drug-likeness (QED) is 0.199. The van der Waals surface area contributed by atoms with E-state index in [1.165, 1.54) is 0 Å². The van der Waals surface area contributed by atoms with Crippen molar-refractivity contribution in [3.63, 3.8) is 0 Å². The smallest absolute Gasteiger partial charge is 0.303 e. The zero-order chi connectivity index (χ0) is 9.00. The van der Waals surface area contributed by atoms with Crippen LogP contribution >= 0.6 is 15.6 Å². The van der Waals surface area contributed by atoms with Gasteiger partial charge in [0.1, 0.15) is 0 Å². The van der Waals surface area contributed by atoms with Gasteiger partial charge in [0.15, 0.2) is 0 Å². The third-order valence-electron chi connectivity index (χ3n) is 0. The fraction of sp³-hybridized carbons (Fsp3) is 0. The topological polar surface area (TPSA) is 156 Å². The second-order valence-corrected chi connectivity index (χ2v) is 3.08. The molecule has 0 spiro atoms. The van der Waals surface area contributed by atoms with Crippen molar-refractivity contribution in [2.75, 3.05) is 0 Å². The normalized spacial score (nSPS) is 8.43. The summed E-state index contributed by atoms with van der Waals surface area (Å²) < 4.78 is 17.8. The molecule has 6 radical (unpaired) electrons. The molecular weight excluding hydrogens is 286 g/mol. The number of rotatable bonds is 0. The van der Waals surface area contributed by atoms with Crippen LogP contribution in [0, 0.1) is 0 Å². The molecule has 6 N–H and O–H groups in total. The monoisotopic (exact) mass is 292 g/mol. The molecule has 0 aliphatic carbocycles. The van der Waals surface area contributed by atoms with Gasteiger partial charge in [0.25, 0.3) is 0 Å². The van der Waals surface area contributed by atoms with Crippen LogP contribution in [0.2, 0.25) is 0 Å². The van der Waals surface area contributed by atoms with Crippen LogP contribution in [-0.4, -0.2) is 135 Å². The molecular formula is H6AlNa3O8P2. The van der Waals surface area contributed by atoms with Gasteiger partial charge in [0, 0.05) is 106 Å². The van der Waals surface area contributed by atoms with Crippen LogP contribution in [0.1, 0.15) is 0 Å². The Morgan fingerprint density at radius 1 is 0.571 bits per heavy atom. The molecule has 0 rings (SSSR count). The molecule has 14 heteroatoms. The van der Waals surface area contributed by atoms with Crippen molar-refractivity contribution in [3.8, 4) is 0 Å². The Bertz CT molecular complexity index is 135. The standard InChI is InChI=1S/Al.3Na.2H3O4P/c;;;;2*1-5(2,3)4/h;;;;2*(H3,1,2,3,4). The Labute approximate surface area is 157 Å². The van der Waals surface area contributed by atoms with Crippen LogP contribution in [0.15, 0.2) is 0 Å². The predicted molar refractivity (Wildman–Crippen MR) is 51.5 cm³/mol. The van der Waals surface area contributed by atoms with Crippen LogP contribution in [0.4, 0.5) is 0 Å². The van der Waals surface area contributed by atoms with Crippen molar-refractivity contribution < 1.29 is 38.5 Å². The summed E-state index contributed by atoms with van der Waals surface area (Å²) in [4.78, 5) is 43.1. The second-order valence-electron chi connectivity index (χ2n) is 1.03. The maximum atomic E-state index is 8.88. The molecule has 0 aliphatic rings. The van der Waals surface area contributed by atoms with E-state index in [1.807, 2.05) is 0 Å². The van der Waals surface area contributed by atoms with Crippen LogP contribution in [0.25, 0.3) is 0 Å². The van der Waals surface area contributed by atoms with Gasteiger partial charge in [-0.15, -0.1) is 0 Å². The van der Waals surface area contributed by atoms with Crippen molar-refractivity contribution in [3.05, 3.63) is 0 Å². The molecule has 0 aromatic heterocycles. The predicted octanol–water partition coefficient (Wildman–Crippen LogP) is -3.38. The summed E-state index contributed by atoms with van der Waals surface area (Å²) in [7, 11) is -9.28. The first-order chi connectivity index (χ1) is 4.00. The van der Waals surface area contributed by atoms with E-state index in [-0.39, 0.29) is 106 Å². The van der Waals surface area contributed by atoms with Crippen molar-refractivity contribution in [2.24, 2.45) is 0 Å². The molecule has 0 heterocycles. The average molecular weight is 292 g/mol. The van der Waals surface area contributed by atoms with Gasteiger partial charge in [-0.2, -0.15) is 0 Å². The minimum Gasteiger partial charge on any atom is -0.303 e. The van der Waals surface area contributed by atoms with E-state index in [2.05, 4.69) is 0 Å². The van der Waals surface area contributed by atoms with Gasteiger partial charge in [-0.25, -0.2) is 9.13 Å². The van der Waals surface area contributed by atoms with Gasteiger partial charge in [0.2, 0.25) is 0 Å². The fourth-order valence-corrected chi connectivity index (χ4v) is 0. The molecule has 0 aromatic carbocycles. The molecule has 8 nitrogen and oxygen atoms in total. The first-order valence-electron chi connectivity index (χ1n) is 1.57. The zero-order valence-electron chi connectivity index (χ0n) is 7.97. The van der Waals surface area contributed by atoms with Crippen molar-refractivity contribution in [1.29, 1.82) is 0 Å². The molecule has 14 heavy (non-hydrogen) atoms. The average Bonchev–Trinajstić information content (AvgIpc) is 1.12. The maximum absolute atomic E-state index is 8.88. The minimum absolute atomic E-state index is 0. The van der Waals surface area contributed by atoms with Crippen LogP contribution in [0.3, 0.4) is 0 Å². The van der Waals surface area contributed by atoms with E-state index in [4.69, 9.17) is 38.5 Å². The Kier molecular flexibility index (Phi) is 43.2. The third kappa shape index (κ3) is 243. The number of hydrogen-bond donors (Lipinski definition) is 6. The van der Waals surface area contributed by atoms with Gasteiger partial charge in [0.05, 0.1) is 0 Å². The molecule has 0 saturated carbocycles. The van der Waals surface area contributed by atoms with E-state index >= 15 is 0 Å². The van der Waals surface area contributed by atoms with E-state index in [0.717, 1.165) is 0 Å². The Morgan fingerprint density at radius 2 is 0.571 bits per heavy atom. The van der Waals surface area contributed by atoms with E-state index in [0.29, 0.717) is 0 Å². The van der Waals surface area contributed by atoms with Crippen LogP contribution in [0.5, 0.6) is 0 Å². The maximum Gasteiger partial charge on any atom is 0.466 e. The summed E-state index contributed by atoms with van der Waals surface area (Å²) in [6.45, 7) is 0. The first kappa shape index (κ1) is 36.1. The molecule has 0 unspecified atom stereocenters. The fourth-order valence-electron chi connectivity index (χ4n) is 0. The summed E-state index contributed by atoms with van der Waals surface area (Å²) >= 11 is 0. The van der Waals surface area contributed by atoms with Crippen LogP contribution in [-0.2, 0) is 9.13 Å². The Balaban J connectivity index is -0.0000000178. The molecule has 0 bridgehead atoms. The second kappa shape index (κ2) is 16.8. The van der Waals surface area contributed by atoms with Crippen LogP contribution < -0.4 is 0 Å². The molecule has 0 amide bonds. The molecule has 0 saturated heterocycles. The molecule has 0 aliphatic heterocycles. The Hall–Kier alpha value is 3.75. The minimum atomic E-state index is -4.64. The van der Waals surface area contributed by atoms with Gasteiger partial charge in [-0.1, -0.05) is 0 Å². The largest absolute Gasteiger partial charge is 0.466 e. The number of phosphoric acid groups is 2. The summed E-state index contributed by atoms with van der Waals surface area (Å²) in [5.41, 5.74) is 0. The summed E-state index contributed by atoms with van der Waals surface area (Å²) in [5.74, 6) is 0. The Morgan fingerprint density at radius 3 is 0.571 bits per heavy atom. The summed E-state index contributed by atoms with van der Waals surface area (Å²) in [6.07, 6.45) is 0. The van der Waals surface area contributed by atoms with Gasteiger partial charge >= 0.3 is 15.6 Å². The first-order valence-corrected chi connectivity index (χ1v) is 4.70. The van der Waals surface area contributed by atoms with E-state index in [1.54, 1.807) is 0 Å². The summed E-state index contributed by atoms with van der Waals surface area (Å²) in [6, 6.07) is 0. The SMILES string of the molecule is O=P(O)(O)O.O=P(O)(O)O.[Al].[Na].[Na].[Na]. The summed E-state index contributed by atoms with van der Waals surface area (Å²) in [5, 5.41) is 0. The zero-order valence-corrected chi connectivity index (χ0v) is 16.9. The van der Waals surface area contributed by atoms with Crippen molar-refractivity contribution in [2.45, 2.75) is 0 Å². The molecule has 70 valence electrons. The van der Waals surface area contributed by atoms with Crippen molar-refractivity contribution in [1.82, 2.24) is 0 Å². The van der Waals surface area contributed by atoms with Gasteiger partial charge in [-0.05, 0) is 0 Å². The number of hydrogen-bond acceptors (Lipinski definition) is 2. The van der Waals surface area contributed by atoms with E-state index in [9.17, 15) is 0 Å². The van der Waals surface area contributed by atoms with Crippen molar-refractivity contribution >= 4 is 122 Å².